The number of amides is 1. The van der Waals surface area contributed by atoms with Crippen LogP contribution in [-0.4, -0.2) is 59.7 Å². The summed E-state index contributed by atoms with van der Waals surface area (Å²) in [4.78, 5) is 35.2. The number of thiophene rings is 1. The Hall–Kier alpha value is -2.56. The Labute approximate surface area is 178 Å². The van der Waals surface area contributed by atoms with E-state index in [1.807, 2.05) is 6.92 Å². The van der Waals surface area contributed by atoms with Crippen LogP contribution in [-0.2, 0) is 10.0 Å². The molecule has 1 aliphatic rings. The molecule has 0 unspecified atom stereocenters. The summed E-state index contributed by atoms with van der Waals surface area (Å²) in [7, 11) is -3.59. The molecule has 8 nitrogen and oxygen atoms in total. The molecule has 0 atom stereocenters. The number of nitrogens with zero attached hydrogens (tertiary/aromatic N) is 3. The van der Waals surface area contributed by atoms with Gasteiger partial charge in [0.1, 0.15) is 10.7 Å². The predicted octanol–water partition coefficient (Wildman–Crippen LogP) is 2.06. The molecule has 2 aromatic heterocycles. The third kappa shape index (κ3) is 3.55. The maximum atomic E-state index is 13.1. The van der Waals surface area contributed by atoms with Crippen molar-refractivity contribution in [1.82, 2.24) is 19.2 Å². The highest BCUT2D eigenvalue weighted by molar-refractivity contribution is 7.89. The molecule has 1 saturated heterocycles. The number of H-pyrrole nitrogens is 1. The first-order valence-corrected chi connectivity index (χ1v) is 11.8. The van der Waals surface area contributed by atoms with Gasteiger partial charge in [0, 0.05) is 26.2 Å². The van der Waals surface area contributed by atoms with E-state index in [0.717, 1.165) is 5.56 Å². The minimum Gasteiger partial charge on any atom is -0.335 e. The average molecular weight is 447 g/mol. The van der Waals surface area contributed by atoms with Gasteiger partial charge in [0.15, 0.2) is 0 Å². The van der Waals surface area contributed by atoms with Gasteiger partial charge < -0.3 is 9.88 Å². The van der Waals surface area contributed by atoms with E-state index >= 15 is 0 Å². The number of piperazine rings is 1. The highest BCUT2D eigenvalue weighted by Crippen LogP contribution is 2.29. The molecule has 1 aromatic carbocycles. The van der Waals surface area contributed by atoms with Gasteiger partial charge >= 0.3 is 0 Å². The van der Waals surface area contributed by atoms with Gasteiger partial charge in [-0.2, -0.15) is 4.31 Å². The van der Waals surface area contributed by atoms with Gasteiger partial charge in [-0.1, -0.05) is 17.7 Å². The molecule has 1 N–H and O–H groups in total. The number of nitrogens with one attached hydrogen (secondary N) is 1. The van der Waals surface area contributed by atoms with E-state index in [1.54, 1.807) is 43.0 Å². The Morgan fingerprint density at radius 3 is 2.33 bits per heavy atom. The summed E-state index contributed by atoms with van der Waals surface area (Å²) in [5.74, 6) is 0.308. The lowest BCUT2D eigenvalue weighted by atomic mass is 10.2. The van der Waals surface area contributed by atoms with Crippen LogP contribution in [0.15, 0.2) is 34.0 Å². The lowest BCUT2D eigenvalue weighted by molar-refractivity contribution is 0.0702. The number of carbonyl (C=O) groups is 1. The zero-order valence-electron chi connectivity index (χ0n) is 16.9. The van der Waals surface area contributed by atoms with Crippen molar-refractivity contribution in [2.24, 2.45) is 0 Å². The van der Waals surface area contributed by atoms with Crippen molar-refractivity contribution < 1.29 is 13.2 Å². The van der Waals surface area contributed by atoms with Crippen LogP contribution < -0.4 is 5.56 Å². The number of aryl methyl sites for hydroxylation is 3. The van der Waals surface area contributed by atoms with Crippen LogP contribution in [0.25, 0.3) is 10.2 Å². The second-order valence-corrected chi connectivity index (χ2v) is 10.3. The Morgan fingerprint density at radius 1 is 1.07 bits per heavy atom. The van der Waals surface area contributed by atoms with Crippen molar-refractivity contribution in [1.29, 1.82) is 0 Å². The fourth-order valence-electron chi connectivity index (χ4n) is 3.59. The molecule has 0 aliphatic carbocycles. The zero-order chi connectivity index (χ0) is 21.6. The van der Waals surface area contributed by atoms with Crippen molar-refractivity contribution >= 4 is 37.5 Å². The van der Waals surface area contributed by atoms with Crippen LogP contribution >= 0.6 is 11.3 Å². The van der Waals surface area contributed by atoms with E-state index in [-0.39, 0.29) is 29.5 Å². The van der Waals surface area contributed by atoms with Crippen LogP contribution in [0, 0.1) is 20.8 Å². The molecule has 3 aromatic rings. The van der Waals surface area contributed by atoms with E-state index in [2.05, 4.69) is 9.97 Å². The predicted molar refractivity (Wildman–Crippen MR) is 116 cm³/mol. The number of hydrogen-bond donors (Lipinski definition) is 1. The first-order valence-electron chi connectivity index (χ1n) is 9.54. The Morgan fingerprint density at radius 2 is 1.70 bits per heavy atom. The highest BCUT2D eigenvalue weighted by atomic mass is 32.2. The molecular formula is C20H22N4O4S2. The lowest BCUT2D eigenvalue weighted by Gasteiger charge is -2.34. The van der Waals surface area contributed by atoms with Gasteiger partial charge in [0.2, 0.25) is 10.0 Å². The molecule has 3 heterocycles. The van der Waals surface area contributed by atoms with Crippen molar-refractivity contribution in [3.63, 3.8) is 0 Å². The fraction of sp³-hybridized carbons (Fsp3) is 0.350. The van der Waals surface area contributed by atoms with Gasteiger partial charge in [-0.05, 0) is 38.5 Å². The molecule has 0 bridgehead atoms. The van der Waals surface area contributed by atoms with E-state index in [9.17, 15) is 18.0 Å². The van der Waals surface area contributed by atoms with Gasteiger partial charge in [-0.3, -0.25) is 9.59 Å². The van der Waals surface area contributed by atoms with Crippen molar-refractivity contribution in [2.45, 2.75) is 25.7 Å². The monoisotopic (exact) mass is 446 g/mol. The Kier molecular flexibility index (Phi) is 5.25. The van der Waals surface area contributed by atoms with Gasteiger partial charge in [0.05, 0.1) is 15.2 Å². The van der Waals surface area contributed by atoms with Crippen LogP contribution in [0.3, 0.4) is 0 Å². The van der Waals surface area contributed by atoms with E-state index in [0.29, 0.717) is 39.6 Å². The van der Waals surface area contributed by atoms with Gasteiger partial charge in [0.25, 0.3) is 11.5 Å². The summed E-state index contributed by atoms with van der Waals surface area (Å²) in [5.41, 5.74) is 1.36. The molecule has 0 saturated carbocycles. The summed E-state index contributed by atoms with van der Waals surface area (Å²) < 4.78 is 27.1. The number of fused-ring (bicyclic) bond motifs is 1. The Balaban J connectivity index is 1.53. The van der Waals surface area contributed by atoms with Crippen molar-refractivity contribution in [3.05, 3.63) is 56.4 Å². The molecule has 158 valence electrons. The molecule has 30 heavy (non-hydrogen) atoms. The standard InChI is InChI=1S/C20H22N4O4S2/c1-12-4-6-15(7-5-12)30(27,28)24-10-8-23(9-11-24)20(26)17-13(2)16-18(25)21-14(3)22-19(16)29-17/h4-7H,8-11H2,1-3H3,(H,21,22,25). The largest absolute Gasteiger partial charge is 0.335 e. The number of aromatic nitrogens is 2. The molecule has 1 amide bonds. The van der Waals surface area contributed by atoms with Crippen molar-refractivity contribution in [2.75, 3.05) is 26.2 Å². The van der Waals surface area contributed by atoms with Crippen LogP contribution in [0.1, 0.15) is 26.6 Å². The third-order valence-electron chi connectivity index (χ3n) is 5.30. The summed E-state index contributed by atoms with van der Waals surface area (Å²) in [6, 6.07) is 6.76. The number of hydrogen-bond acceptors (Lipinski definition) is 6. The second-order valence-electron chi connectivity index (χ2n) is 7.40. The van der Waals surface area contributed by atoms with Crippen LogP contribution in [0.5, 0.6) is 0 Å². The molecule has 0 spiro atoms. The first-order chi connectivity index (χ1) is 14.2. The highest BCUT2D eigenvalue weighted by Gasteiger charge is 2.31. The minimum atomic E-state index is -3.59. The number of carbonyl (C=O) groups excluding carboxylic acids is 1. The smallest absolute Gasteiger partial charge is 0.264 e. The lowest BCUT2D eigenvalue weighted by Crippen LogP contribution is -2.50. The average Bonchev–Trinajstić information content (AvgIpc) is 3.04. The molecule has 1 fully saturated rings. The quantitative estimate of drug-likeness (QED) is 0.663. The maximum absolute atomic E-state index is 13.1. The number of benzene rings is 1. The van der Waals surface area contributed by atoms with E-state index in [4.69, 9.17) is 0 Å². The van der Waals surface area contributed by atoms with Crippen LogP contribution in [0.2, 0.25) is 0 Å². The van der Waals surface area contributed by atoms with Gasteiger partial charge in [-0.25, -0.2) is 13.4 Å². The first kappa shape index (κ1) is 20.7. The zero-order valence-corrected chi connectivity index (χ0v) is 18.6. The fourth-order valence-corrected chi connectivity index (χ4v) is 6.21. The molecule has 1 aliphatic heterocycles. The SMILES string of the molecule is Cc1ccc(S(=O)(=O)N2CCN(C(=O)c3sc4nc(C)[nH]c(=O)c4c3C)CC2)cc1. The normalized spacial score (nSPS) is 15.6. The summed E-state index contributed by atoms with van der Waals surface area (Å²) >= 11 is 1.20. The molecular weight excluding hydrogens is 424 g/mol. The summed E-state index contributed by atoms with van der Waals surface area (Å²) in [6.07, 6.45) is 0. The maximum Gasteiger partial charge on any atom is 0.264 e. The number of aromatic amines is 1. The molecule has 0 radical (unpaired) electrons. The minimum absolute atomic E-state index is 0.195. The van der Waals surface area contributed by atoms with E-state index < -0.39 is 10.0 Å². The molecule has 4 rings (SSSR count). The summed E-state index contributed by atoms with van der Waals surface area (Å²) in [6.45, 7) is 6.39. The third-order valence-corrected chi connectivity index (χ3v) is 8.38. The van der Waals surface area contributed by atoms with Gasteiger partial charge in [-0.15, -0.1) is 11.3 Å². The Bertz CT molecular complexity index is 1280. The second kappa shape index (κ2) is 7.60. The number of rotatable bonds is 3. The van der Waals surface area contributed by atoms with Crippen LogP contribution in [0.4, 0.5) is 0 Å². The van der Waals surface area contributed by atoms with E-state index in [1.165, 1.54) is 15.6 Å². The van der Waals surface area contributed by atoms with Crippen molar-refractivity contribution in [3.8, 4) is 0 Å². The topological polar surface area (TPSA) is 103 Å². The molecule has 10 heteroatoms. The number of sulfonamides is 1. The summed E-state index contributed by atoms with van der Waals surface area (Å²) in [5, 5.41) is 0.439.